The van der Waals surface area contributed by atoms with Crippen LogP contribution in [0.1, 0.15) is 69.2 Å². The van der Waals surface area contributed by atoms with Gasteiger partial charge in [0, 0.05) is 0 Å². The maximum atomic E-state index is 2.61. The van der Waals surface area contributed by atoms with Crippen LogP contribution in [0.25, 0.3) is 0 Å². The molecule has 0 aromatic rings. The first kappa shape index (κ1) is 17.4. The second kappa shape index (κ2) is 5.57. The summed E-state index contributed by atoms with van der Waals surface area (Å²) in [5, 5.41) is 0. The third-order valence-electron chi connectivity index (χ3n) is 8.96. The maximum absolute atomic E-state index is 2.61. The van der Waals surface area contributed by atoms with Gasteiger partial charge in [-0.3, -0.25) is 0 Å². The quantitative estimate of drug-likeness (QED) is 0.555. The fourth-order valence-electron chi connectivity index (χ4n) is 7.11. The van der Waals surface area contributed by atoms with Crippen LogP contribution in [0, 0.1) is 64.6 Å². The highest BCUT2D eigenvalue weighted by Gasteiger charge is 2.56. The maximum Gasteiger partial charge on any atom is -0.0287 e. The van der Waals surface area contributed by atoms with Crippen molar-refractivity contribution < 1.29 is 0 Å². The molecule has 0 N–H and O–H groups in total. The summed E-state index contributed by atoms with van der Waals surface area (Å²) in [7, 11) is 0. The lowest BCUT2D eigenvalue weighted by Crippen LogP contribution is -2.41. The molecular weight excluding hydrogens is 252 g/mol. The molecule has 8 unspecified atom stereocenters. The van der Waals surface area contributed by atoms with Gasteiger partial charge >= 0.3 is 0 Å². The van der Waals surface area contributed by atoms with Crippen molar-refractivity contribution in [1.29, 1.82) is 0 Å². The Hall–Kier alpha value is 0. The van der Waals surface area contributed by atoms with E-state index in [9.17, 15) is 0 Å². The third-order valence-corrected chi connectivity index (χ3v) is 8.96. The Morgan fingerprint density at radius 3 is 0.762 bits per heavy atom. The van der Waals surface area contributed by atoms with Gasteiger partial charge in [-0.25, -0.2) is 0 Å². The number of hydrogen-bond donors (Lipinski definition) is 0. The van der Waals surface area contributed by atoms with Gasteiger partial charge < -0.3 is 0 Å². The molecule has 0 heteroatoms. The van der Waals surface area contributed by atoms with Gasteiger partial charge in [-0.05, 0) is 64.6 Å². The zero-order chi connectivity index (χ0) is 16.3. The average Bonchev–Trinajstić information content (AvgIpc) is 2.72. The summed E-state index contributed by atoms with van der Waals surface area (Å²) in [5.41, 5.74) is 0.468. The van der Waals surface area contributed by atoms with Crippen LogP contribution in [-0.2, 0) is 0 Å². The summed E-state index contributed by atoms with van der Waals surface area (Å²) in [6.45, 7) is 25.3. The molecule has 0 nitrogen and oxygen atoms in total. The monoisotopic (exact) mass is 292 g/mol. The molecule has 0 aromatic carbocycles. The Bertz CT molecular complexity index is 306. The normalized spacial score (nSPS) is 55.1. The first-order valence-electron chi connectivity index (χ1n) is 9.53. The van der Waals surface area contributed by atoms with Crippen molar-refractivity contribution in [3.05, 3.63) is 0 Å². The van der Waals surface area contributed by atoms with Crippen LogP contribution in [0.5, 0.6) is 0 Å². The second-order valence-corrected chi connectivity index (χ2v) is 9.75. The largest absolute Gasteiger partial charge is 0.0620 e. The third kappa shape index (κ3) is 2.40. The van der Waals surface area contributed by atoms with Crippen LogP contribution >= 0.6 is 0 Å². The molecule has 0 spiro atoms. The van der Waals surface area contributed by atoms with Gasteiger partial charge in [-0.2, -0.15) is 0 Å². The molecule has 0 aromatic heterocycles. The lowest BCUT2D eigenvalue weighted by molar-refractivity contribution is 0.0137. The van der Waals surface area contributed by atoms with E-state index < -0.39 is 0 Å². The Morgan fingerprint density at radius 2 is 0.571 bits per heavy atom. The van der Waals surface area contributed by atoms with Crippen molar-refractivity contribution in [1.82, 2.24) is 0 Å². The van der Waals surface area contributed by atoms with E-state index in [-0.39, 0.29) is 0 Å². The molecule has 8 atom stereocenters. The highest BCUT2D eigenvalue weighted by molar-refractivity contribution is 5.04. The zero-order valence-corrected chi connectivity index (χ0v) is 16.3. The van der Waals surface area contributed by atoms with Crippen molar-refractivity contribution in [2.45, 2.75) is 69.2 Å². The van der Waals surface area contributed by atoms with Crippen molar-refractivity contribution in [3.63, 3.8) is 0 Å². The van der Waals surface area contributed by atoms with E-state index in [1.165, 1.54) is 0 Å². The summed E-state index contributed by atoms with van der Waals surface area (Å²) in [6, 6.07) is 0. The first-order chi connectivity index (χ1) is 9.53. The highest BCUT2D eigenvalue weighted by Crippen LogP contribution is 2.61. The van der Waals surface area contributed by atoms with Gasteiger partial charge in [0.15, 0.2) is 0 Å². The summed E-state index contributed by atoms with van der Waals surface area (Å²) in [4.78, 5) is 0. The lowest BCUT2D eigenvalue weighted by atomic mass is 9.58. The van der Waals surface area contributed by atoms with Crippen molar-refractivity contribution in [2.24, 2.45) is 64.6 Å². The standard InChI is InChI=1S/C21H40/c1-11-12(2)16(6)19(15(11)5)21(9,10)20-17(7)13(3)14(4)18(20)8/h11-20H,1-10H3. The second-order valence-electron chi connectivity index (χ2n) is 9.75. The summed E-state index contributed by atoms with van der Waals surface area (Å²) in [5.74, 6) is 8.77. The van der Waals surface area contributed by atoms with E-state index >= 15 is 0 Å². The molecule has 0 amide bonds. The summed E-state index contributed by atoms with van der Waals surface area (Å²) >= 11 is 0. The smallest absolute Gasteiger partial charge is 0.0287 e. The molecule has 0 aliphatic heterocycles. The number of hydrogen-bond acceptors (Lipinski definition) is 0. The molecule has 124 valence electrons. The molecule has 2 fully saturated rings. The van der Waals surface area contributed by atoms with E-state index in [4.69, 9.17) is 0 Å². The van der Waals surface area contributed by atoms with Crippen LogP contribution in [-0.4, -0.2) is 0 Å². The fraction of sp³-hybridized carbons (Fsp3) is 1.00. The minimum Gasteiger partial charge on any atom is -0.0620 e. The first-order valence-corrected chi connectivity index (χ1v) is 9.53. The van der Waals surface area contributed by atoms with Gasteiger partial charge in [0.2, 0.25) is 0 Å². The molecule has 0 saturated heterocycles. The lowest BCUT2D eigenvalue weighted by Gasteiger charge is -2.46. The van der Waals surface area contributed by atoms with Crippen LogP contribution < -0.4 is 0 Å². The predicted octanol–water partition coefficient (Wildman–Crippen LogP) is 6.36. The van der Waals surface area contributed by atoms with Crippen molar-refractivity contribution in [3.8, 4) is 0 Å². The van der Waals surface area contributed by atoms with Crippen molar-refractivity contribution >= 4 is 0 Å². The SMILES string of the molecule is CC1C(C)C(C)C(C(C)(C)C2C(C)C(C)C(C)C2C)C1C. The molecule has 2 aliphatic rings. The summed E-state index contributed by atoms with van der Waals surface area (Å²) < 4.78 is 0. The zero-order valence-electron chi connectivity index (χ0n) is 16.3. The van der Waals surface area contributed by atoms with Crippen LogP contribution in [0.3, 0.4) is 0 Å². The molecule has 2 aliphatic carbocycles. The minimum atomic E-state index is 0.468. The van der Waals surface area contributed by atoms with Gasteiger partial charge in [-0.1, -0.05) is 69.2 Å². The Labute approximate surface area is 134 Å². The van der Waals surface area contributed by atoms with Gasteiger partial charge in [0.25, 0.3) is 0 Å². The molecule has 2 saturated carbocycles. The van der Waals surface area contributed by atoms with Crippen molar-refractivity contribution in [2.75, 3.05) is 0 Å². The predicted molar refractivity (Wildman–Crippen MR) is 94.1 cm³/mol. The Morgan fingerprint density at radius 1 is 0.381 bits per heavy atom. The van der Waals surface area contributed by atoms with E-state index in [2.05, 4.69) is 69.2 Å². The van der Waals surface area contributed by atoms with E-state index in [0.717, 1.165) is 59.2 Å². The molecule has 21 heavy (non-hydrogen) atoms. The van der Waals surface area contributed by atoms with E-state index in [1.54, 1.807) is 0 Å². The summed E-state index contributed by atoms with van der Waals surface area (Å²) in [6.07, 6.45) is 0. The molecule has 0 bridgehead atoms. The Balaban J connectivity index is 2.34. The number of rotatable bonds is 2. The van der Waals surface area contributed by atoms with E-state index in [1.807, 2.05) is 0 Å². The topological polar surface area (TPSA) is 0 Å². The van der Waals surface area contributed by atoms with Crippen LogP contribution in [0.2, 0.25) is 0 Å². The van der Waals surface area contributed by atoms with Gasteiger partial charge in [-0.15, -0.1) is 0 Å². The molecule has 0 radical (unpaired) electrons. The van der Waals surface area contributed by atoms with E-state index in [0.29, 0.717) is 5.41 Å². The van der Waals surface area contributed by atoms with Crippen LogP contribution in [0.15, 0.2) is 0 Å². The van der Waals surface area contributed by atoms with Gasteiger partial charge in [0.1, 0.15) is 0 Å². The van der Waals surface area contributed by atoms with Gasteiger partial charge in [0.05, 0.1) is 0 Å². The van der Waals surface area contributed by atoms with Crippen LogP contribution in [0.4, 0.5) is 0 Å². The average molecular weight is 293 g/mol. The molecule has 2 rings (SSSR count). The minimum absolute atomic E-state index is 0.468. The molecular formula is C21H40. The Kier molecular flexibility index (Phi) is 4.60. The highest BCUT2D eigenvalue weighted by atomic mass is 14.6. The fourth-order valence-corrected chi connectivity index (χ4v) is 7.11. The molecule has 0 heterocycles.